The first kappa shape index (κ1) is 19.1. The molecule has 1 saturated carbocycles. The largest absolute Gasteiger partial charge is 0.461 e. The van der Waals surface area contributed by atoms with Crippen molar-refractivity contribution in [2.75, 3.05) is 11.9 Å². The van der Waals surface area contributed by atoms with Crippen LogP contribution in [0, 0.1) is 17.8 Å². The molecule has 0 radical (unpaired) electrons. The summed E-state index contributed by atoms with van der Waals surface area (Å²) >= 11 is 3.05. The van der Waals surface area contributed by atoms with Crippen LogP contribution in [0.2, 0.25) is 0 Å². The lowest BCUT2D eigenvalue weighted by atomic mass is 9.75. The van der Waals surface area contributed by atoms with Crippen LogP contribution in [-0.2, 0) is 19.2 Å². The van der Waals surface area contributed by atoms with Crippen LogP contribution >= 0.6 is 15.9 Å². The number of oxime groups is 1. The Hall–Kier alpha value is -0.910. The first-order valence-electron chi connectivity index (χ1n) is 7.90. The molecular formula is C16H26BrNO4. The third-order valence-electron chi connectivity index (χ3n) is 4.09. The third kappa shape index (κ3) is 5.38. The van der Waals surface area contributed by atoms with Crippen LogP contribution in [0.5, 0.6) is 0 Å². The van der Waals surface area contributed by atoms with E-state index in [1.54, 1.807) is 6.92 Å². The minimum absolute atomic E-state index is 0.0166. The van der Waals surface area contributed by atoms with Crippen molar-refractivity contribution < 1.29 is 19.2 Å². The molecular weight excluding hydrogens is 350 g/mol. The van der Waals surface area contributed by atoms with Gasteiger partial charge in [-0.3, -0.25) is 4.79 Å². The van der Waals surface area contributed by atoms with Gasteiger partial charge in [0.15, 0.2) is 0 Å². The predicted molar refractivity (Wildman–Crippen MR) is 89.1 cm³/mol. The number of carbonyl (C=O) groups excluding carboxylic acids is 2. The van der Waals surface area contributed by atoms with Gasteiger partial charge in [-0.05, 0) is 31.6 Å². The fourth-order valence-electron chi connectivity index (χ4n) is 2.82. The van der Waals surface area contributed by atoms with E-state index in [4.69, 9.17) is 9.57 Å². The SMILES string of the molecule is CCOC(=O)C(=NO[C@@H]1C[C@@H](C)CC[C@@H]1C(C)C)C(=O)CBr. The highest BCUT2D eigenvalue weighted by Crippen LogP contribution is 2.35. The summed E-state index contributed by atoms with van der Waals surface area (Å²) in [7, 11) is 0. The molecule has 0 amide bonds. The molecule has 6 heteroatoms. The van der Waals surface area contributed by atoms with E-state index in [2.05, 4.69) is 41.9 Å². The maximum atomic E-state index is 11.8. The smallest absolute Gasteiger partial charge is 0.364 e. The standard InChI is InChI=1S/C16H26BrNO4/c1-5-21-16(20)15(13(19)9-17)18-22-14-8-11(4)6-7-12(14)10(2)3/h10-12,14H,5-9H2,1-4H3/t11-,12+,14+/m0/s1. The Labute approximate surface area is 140 Å². The van der Waals surface area contributed by atoms with Crippen molar-refractivity contribution in [2.45, 2.75) is 53.1 Å². The molecule has 126 valence electrons. The van der Waals surface area contributed by atoms with E-state index in [0.29, 0.717) is 17.8 Å². The van der Waals surface area contributed by atoms with E-state index in [-0.39, 0.29) is 23.8 Å². The molecule has 0 aliphatic heterocycles. The average molecular weight is 376 g/mol. The summed E-state index contributed by atoms with van der Waals surface area (Å²) in [6, 6.07) is 0. The normalized spacial score (nSPS) is 25.9. The van der Waals surface area contributed by atoms with Gasteiger partial charge in [-0.1, -0.05) is 48.3 Å². The third-order valence-corrected chi connectivity index (χ3v) is 4.60. The summed E-state index contributed by atoms with van der Waals surface area (Å²) in [6.07, 6.45) is 3.10. The quantitative estimate of drug-likeness (QED) is 0.225. The zero-order valence-corrected chi connectivity index (χ0v) is 15.4. The van der Waals surface area contributed by atoms with Crippen LogP contribution < -0.4 is 0 Å². The van der Waals surface area contributed by atoms with Gasteiger partial charge in [0.25, 0.3) is 0 Å². The molecule has 1 aliphatic rings. The van der Waals surface area contributed by atoms with Gasteiger partial charge in [-0.2, -0.15) is 0 Å². The number of nitrogens with zero attached hydrogens (tertiary/aromatic N) is 1. The first-order valence-corrected chi connectivity index (χ1v) is 9.02. The van der Waals surface area contributed by atoms with Crippen molar-refractivity contribution in [3.63, 3.8) is 0 Å². The highest BCUT2D eigenvalue weighted by molar-refractivity contribution is 9.09. The van der Waals surface area contributed by atoms with Gasteiger partial charge in [-0.15, -0.1) is 0 Å². The number of ketones is 1. The van der Waals surface area contributed by atoms with E-state index in [1.807, 2.05) is 0 Å². The van der Waals surface area contributed by atoms with Crippen molar-refractivity contribution in [1.82, 2.24) is 0 Å². The summed E-state index contributed by atoms with van der Waals surface area (Å²) in [4.78, 5) is 29.3. The Morgan fingerprint density at radius 1 is 1.32 bits per heavy atom. The highest BCUT2D eigenvalue weighted by atomic mass is 79.9. The van der Waals surface area contributed by atoms with Gasteiger partial charge < -0.3 is 9.57 Å². The van der Waals surface area contributed by atoms with Gasteiger partial charge in [0, 0.05) is 5.92 Å². The summed E-state index contributed by atoms with van der Waals surface area (Å²) in [5.41, 5.74) is -0.264. The Bertz CT molecular complexity index is 422. The summed E-state index contributed by atoms with van der Waals surface area (Å²) in [5, 5.41) is 3.88. The average Bonchev–Trinajstić information content (AvgIpc) is 2.47. The fraction of sp³-hybridized carbons (Fsp3) is 0.812. The lowest BCUT2D eigenvalue weighted by Gasteiger charge is -2.35. The van der Waals surface area contributed by atoms with Crippen LogP contribution in [0.15, 0.2) is 5.16 Å². The zero-order valence-electron chi connectivity index (χ0n) is 13.8. The van der Waals surface area contributed by atoms with Crippen molar-refractivity contribution in [3.05, 3.63) is 0 Å². The first-order chi connectivity index (χ1) is 10.4. The predicted octanol–water partition coefficient (Wildman–Crippen LogP) is 3.35. The lowest BCUT2D eigenvalue weighted by molar-refractivity contribution is -0.136. The Morgan fingerprint density at radius 2 is 2.00 bits per heavy atom. The van der Waals surface area contributed by atoms with Crippen LogP contribution in [0.3, 0.4) is 0 Å². The van der Waals surface area contributed by atoms with Gasteiger partial charge in [0.1, 0.15) is 6.10 Å². The molecule has 3 atom stereocenters. The number of hydrogen-bond donors (Lipinski definition) is 0. The van der Waals surface area contributed by atoms with Gasteiger partial charge >= 0.3 is 5.97 Å². The number of alkyl halides is 1. The Kier molecular flexibility index (Phi) is 8.07. The van der Waals surface area contributed by atoms with Crippen molar-refractivity contribution in [1.29, 1.82) is 0 Å². The van der Waals surface area contributed by atoms with Crippen molar-refractivity contribution in [2.24, 2.45) is 22.9 Å². The van der Waals surface area contributed by atoms with Crippen molar-refractivity contribution >= 4 is 33.4 Å². The number of ether oxygens (including phenoxy) is 1. The van der Waals surface area contributed by atoms with Crippen LogP contribution in [0.25, 0.3) is 0 Å². The number of halogens is 1. The molecule has 1 fully saturated rings. The van der Waals surface area contributed by atoms with Crippen molar-refractivity contribution in [3.8, 4) is 0 Å². The van der Waals surface area contributed by atoms with E-state index >= 15 is 0 Å². The number of rotatable bonds is 7. The molecule has 1 rings (SSSR count). The second-order valence-corrected chi connectivity index (χ2v) is 6.75. The van der Waals surface area contributed by atoms with Gasteiger partial charge in [0.2, 0.25) is 11.5 Å². The summed E-state index contributed by atoms with van der Waals surface area (Å²) in [5.74, 6) is 0.279. The lowest BCUT2D eigenvalue weighted by Crippen LogP contribution is -2.34. The molecule has 0 unspecified atom stereocenters. The molecule has 0 saturated heterocycles. The number of carbonyl (C=O) groups is 2. The number of Topliss-reactive ketones (excluding diaryl/α,β-unsaturated/α-hetero) is 1. The number of esters is 1. The molecule has 0 bridgehead atoms. The van der Waals surface area contributed by atoms with E-state index in [1.165, 1.54) is 6.42 Å². The zero-order chi connectivity index (χ0) is 16.7. The molecule has 0 aromatic rings. The molecule has 0 aromatic heterocycles. The number of hydrogen-bond acceptors (Lipinski definition) is 5. The highest BCUT2D eigenvalue weighted by Gasteiger charge is 2.33. The second-order valence-electron chi connectivity index (χ2n) is 6.19. The van der Waals surface area contributed by atoms with Crippen LogP contribution in [0.4, 0.5) is 0 Å². The minimum Gasteiger partial charge on any atom is -0.461 e. The monoisotopic (exact) mass is 375 g/mol. The molecule has 1 aliphatic carbocycles. The second kappa shape index (κ2) is 9.28. The minimum atomic E-state index is -0.725. The maximum Gasteiger partial charge on any atom is 0.364 e. The topological polar surface area (TPSA) is 65.0 Å². The molecule has 0 heterocycles. The van der Waals surface area contributed by atoms with Gasteiger partial charge in [0.05, 0.1) is 11.9 Å². The molecule has 0 N–H and O–H groups in total. The van der Waals surface area contributed by atoms with Gasteiger partial charge in [-0.25, -0.2) is 4.79 Å². The summed E-state index contributed by atoms with van der Waals surface area (Å²) in [6.45, 7) is 8.40. The Balaban J connectivity index is 2.86. The van der Waals surface area contributed by atoms with Crippen LogP contribution in [-0.4, -0.2) is 35.5 Å². The molecule has 22 heavy (non-hydrogen) atoms. The summed E-state index contributed by atoms with van der Waals surface area (Å²) < 4.78 is 4.87. The van der Waals surface area contributed by atoms with Crippen LogP contribution in [0.1, 0.15) is 47.0 Å². The Morgan fingerprint density at radius 3 is 2.55 bits per heavy atom. The molecule has 0 spiro atoms. The molecule has 5 nitrogen and oxygen atoms in total. The van der Waals surface area contributed by atoms with E-state index in [0.717, 1.165) is 12.8 Å². The van der Waals surface area contributed by atoms with E-state index in [9.17, 15) is 9.59 Å². The van der Waals surface area contributed by atoms with E-state index < -0.39 is 11.8 Å². The molecule has 0 aromatic carbocycles. The fourth-order valence-corrected chi connectivity index (χ4v) is 3.09. The maximum absolute atomic E-state index is 11.8.